The molecule has 0 aliphatic carbocycles. The molecule has 0 saturated carbocycles. The molecule has 0 radical (unpaired) electrons. The van der Waals surface area contributed by atoms with E-state index in [1.165, 1.54) is 0 Å². The second-order valence-corrected chi connectivity index (χ2v) is 4.45. The molecule has 0 atom stereocenters. The van der Waals surface area contributed by atoms with Crippen molar-refractivity contribution in [2.75, 3.05) is 17.4 Å². The Labute approximate surface area is 111 Å². The SMILES string of the molecule is CN(Cc1cccc(Cl)c1)c1cccc(NN)n1. The van der Waals surface area contributed by atoms with Gasteiger partial charge in [0, 0.05) is 18.6 Å². The molecule has 0 spiro atoms. The topological polar surface area (TPSA) is 54.2 Å². The van der Waals surface area contributed by atoms with E-state index in [0.29, 0.717) is 5.82 Å². The molecule has 0 saturated heterocycles. The maximum absolute atomic E-state index is 5.96. The third kappa shape index (κ3) is 3.12. The number of hydrogen-bond acceptors (Lipinski definition) is 4. The number of hydrazine groups is 1. The lowest BCUT2D eigenvalue weighted by Crippen LogP contribution is -2.18. The summed E-state index contributed by atoms with van der Waals surface area (Å²) < 4.78 is 0. The third-order valence-corrected chi connectivity index (χ3v) is 2.82. The van der Waals surface area contributed by atoms with Crippen molar-refractivity contribution in [2.24, 2.45) is 5.84 Å². The lowest BCUT2D eigenvalue weighted by atomic mass is 10.2. The van der Waals surface area contributed by atoms with Crippen LogP contribution >= 0.6 is 11.6 Å². The van der Waals surface area contributed by atoms with Crippen LogP contribution in [0.3, 0.4) is 0 Å². The Balaban J connectivity index is 2.13. The Morgan fingerprint density at radius 2 is 2.06 bits per heavy atom. The Kier molecular flexibility index (Phi) is 4.02. The van der Waals surface area contributed by atoms with Crippen LogP contribution in [0, 0.1) is 0 Å². The first kappa shape index (κ1) is 12.7. The fourth-order valence-corrected chi connectivity index (χ4v) is 1.92. The first-order valence-corrected chi connectivity index (χ1v) is 5.96. The maximum atomic E-state index is 5.96. The van der Waals surface area contributed by atoms with E-state index in [1.807, 2.05) is 54.4 Å². The van der Waals surface area contributed by atoms with Crippen molar-refractivity contribution in [2.45, 2.75) is 6.54 Å². The number of nitrogens with zero attached hydrogens (tertiary/aromatic N) is 2. The molecule has 1 aromatic heterocycles. The van der Waals surface area contributed by atoms with Gasteiger partial charge < -0.3 is 10.3 Å². The lowest BCUT2D eigenvalue weighted by molar-refractivity contribution is 0.898. The summed E-state index contributed by atoms with van der Waals surface area (Å²) in [5, 5.41) is 0.742. The number of nitrogens with one attached hydrogen (secondary N) is 1. The van der Waals surface area contributed by atoms with E-state index in [-0.39, 0.29) is 0 Å². The molecule has 5 heteroatoms. The van der Waals surface area contributed by atoms with Gasteiger partial charge in [-0.1, -0.05) is 29.8 Å². The fraction of sp³-hybridized carbons (Fsp3) is 0.154. The molecule has 0 aliphatic rings. The number of aromatic nitrogens is 1. The standard InChI is InChI=1S/C13H15ClN4/c1-18(9-10-4-2-5-11(14)8-10)13-7-3-6-12(16-13)17-15/h2-8H,9,15H2,1H3,(H,16,17). The normalized spacial score (nSPS) is 10.2. The summed E-state index contributed by atoms with van der Waals surface area (Å²) in [6.07, 6.45) is 0. The molecule has 1 heterocycles. The summed E-state index contributed by atoms with van der Waals surface area (Å²) in [5.74, 6) is 6.84. The predicted molar refractivity (Wildman–Crippen MR) is 75.6 cm³/mol. The second kappa shape index (κ2) is 5.71. The zero-order chi connectivity index (χ0) is 13.0. The largest absolute Gasteiger partial charge is 0.355 e. The Morgan fingerprint density at radius 1 is 1.28 bits per heavy atom. The van der Waals surface area contributed by atoms with Gasteiger partial charge in [0.15, 0.2) is 0 Å². The molecule has 94 valence electrons. The van der Waals surface area contributed by atoms with Crippen LogP contribution in [0.25, 0.3) is 0 Å². The van der Waals surface area contributed by atoms with E-state index in [0.717, 1.165) is 22.9 Å². The van der Waals surface area contributed by atoms with Crippen LogP contribution in [0.15, 0.2) is 42.5 Å². The van der Waals surface area contributed by atoms with Crippen molar-refractivity contribution in [3.05, 3.63) is 53.1 Å². The number of hydrogen-bond donors (Lipinski definition) is 2. The molecule has 0 bridgehead atoms. The van der Waals surface area contributed by atoms with Crippen molar-refractivity contribution in [1.82, 2.24) is 4.98 Å². The van der Waals surface area contributed by atoms with E-state index in [4.69, 9.17) is 17.4 Å². The highest BCUT2D eigenvalue weighted by atomic mass is 35.5. The fourth-order valence-electron chi connectivity index (χ4n) is 1.71. The molecule has 1 aromatic carbocycles. The van der Waals surface area contributed by atoms with Gasteiger partial charge in [0.1, 0.15) is 11.6 Å². The average molecular weight is 263 g/mol. The van der Waals surface area contributed by atoms with Crippen molar-refractivity contribution in [3.8, 4) is 0 Å². The summed E-state index contributed by atoms with van der Waals surface area (Å²) in [7, 11) is 1.98. The highest BCUT2D eigenvalue weighted by molar-refractivity contribution is 6.30. The van der Waals surface area contributed by atoms with Crippen LogP contribution in [0.2, 0.25) is 5.02 Å². The summed E-state index contributed by atoms with van der Waals surface area (Å²) in [6, 6.07) is 13.4. The van der Waals surface area contributed by atoms with Crippen LogP contribution in [0.5, 0.6) is 0 Å². The van der Waals surface area contributed by atoms with Crippen molar-refractivity contribution in [3.63, 3.8) is 0 Å². The number of nitrogens with two attached hydrogens (primary N) is 1. The number of nitrogen functional groups attached to an aromatic ring is 1. The van der Waals surface area contributed by atoms with Gasteiger partial charge in [-0.25, -0.2) is 10.8 Å². The van der Waals surface area contributed by atoms with E-state index < -0.39 is 0 Å². The summed E-state index contributed by atoms with van der Waals surface area (Å²) in [6.45, 7) is 0.738. The summed E-state index contributed by atoms with van der Waals surface area (Å²) >= 11 is 5.96. The first-order chi connectivity index (χ1) is 8.69. The van der Waals surface area contributed by atoms with Gasteiger partial charge in [0.25, 0.3) is 0 Å². The van der Waals surface area contributed by atoms with Gasteiger partial charge in [-0.15, -0.1) is 0 Å². The maximum Gasteiger partial charge on any atom is 0.142 e. The van der Waals surface area contributed by atoms with Gasteiger partial charge >= 0.3 is 0 Å². The molecule has 0 amide bonds. The van der Waals surface area contributed by atoms with Crippen molar-refractivity contribution < 1.29 is 0 Å². The Hall–Kier alpha value is -1.78. The van der Waals surface area contributed by atoms with Crippen LogP contribution in [0.4, 0.5) is 11.6 Å². The van der Waals surface area contributed by atoms with Crippen LogP contribution in [-0.4, -0.2) is 12.0 Å². The smallest absolute Gasteiger partial charge is 0.142 e. The predicted octanol–water partition coefficient (Wildman–Crippen LogP) is 2.66. The zero-order valence-electron chi connectivity index (χ0n) is 10.1. The van der Waals surface area contributed by atoms with Gasteiger partial charge in [-0.3, -0.25) is 0 Å². The zero-order valence-corrected chi connectivity index (χ0v) is 10.9. The highest BCUT2D eigenvalue weighted by Crippen LogP contribution is 2.17. The van der Waals surface area contributed by atoms with Gasteiger partial charge in [-0.2, -0.15) is 0 Å². The van der Waals surface area contributed by atoms with Gasteiger partial charge in [-0.05, 0) is 29.8 Å². The number of benzene rings is 1. The Bertz CT molecular complexity index is 530. The molecule has 2 rings (SSSR count). The van der Waals surface area contributed by atoms with E-state index in [2.05, 4.69) is 10.4 Å². The summed E-state index contributed by atoms with van der Waals surface area (Å²) in [4.78, 5) is 6.40. The molecule has 2 aromatic rings. The number of rotatable bonds is 4. The molecule has 0 aliphatic heterocycles. The second-order valence-electron chi connectivity index (χ2n) is 4.01. The number of anilines is 2. The quantitative estimate of drug-likeness (QED) is 0.657. The monoisotopic (exact) mass is 262 g/mol. The summed E-state index contributed by atoms with van der Waals surface area (Å²) in [5.41, 5.74) is 3.67. The molecular weight excluding hydrogens is 248 g/mol. The lowest BCUT2D eigenvalue weighted by Gasteiger charge is -2.18. The molecule has 18 heavy (non-hydrogen) atoms. The van der Waals surface area contributed by atoms with E-state index >= 15 is 0 Å². The van der Waals surface area contributed by atoms with Crippen LogP contribution < -0.4 is 16.2 Å². The van der Waals surface area contributed by atoms with Crippen LogP contribution in [-0.2, 0) is 6.54 Å². The first-order valence-electron chi connectivity index (χ1n) is 5.58. The number of halogens is 1. The minimum atomic E-state index is 0.644. The van der Waals surface area contributed by atoms with Crippen molar-refractivity contribution in [1.29, 1.82) is 0 Å². The van der Waals surface area contributed by atoms with E-state index in [1.54, 1.807) is 0 Å². The minimum absolute atomic E-state index is 0.644. The molecule has 3 N–H and O–H groups in total. The minimum Gasteiger partial charge on any atom is -0.355 e. The van der Waals surface area contributed by atoms with E-state index in [9.17, 15) is 0 Å². The average Bonchev–Trinajstić information content (AvgIpc) is 2.39. The Morgan fingerprint density at radius 3 is 2.78 bits per heavy atom. The molecule has 4 nitrogen and oxygen atoms in total. The molecular formula is C13H15ClN4. The highest BCUT2D eigenvalue weighted by Gasteiger charge is 2.04. The third-order valence-electron chi connectivity index (χ3n) is 2.58. The van der Waals surface area contributed by atoms with Gasteiger partial charge in [0.05, 0.1) is 0 Å². The molecule has 0 unspecified atom stereocenters. The van der Waals surface area contributed by atoms with Crippen LogP contribution in [0.1, 0.15) is 5.56 Å². The van der Waals surface area contributed by atoms with Gasteiger partial charge in [0.2, 0.25) is 0 Å². The van der Waals surface area contributed by atoms with Crippen molar-refractivity contribution >= 4 is 23.2 Å². The number of pyridine rings is 1. The molecule has 0 fully saturated rings.